The van der Waals surface area contributed by atoms with Crippen LogP contribution in [0.25, 0.3) is 0 Å². The Labute approximate surface area is 173 Å². The van der Waals surface area contributed by atoms with E-state index in [1.54, 1.807) is 6.92 Å². The molecule has 0 radical (unpaired) electrons. The summed E-state index contributed by atoms with van der Waals surface area (Å²) in [6.45, 7) is 7.59. The molecule has 156 valence electrons. The number of hydrogen-bond acceptors (Lipinski definition) is 3. The van der Waals surface area contributed by atoms with Crippen molar-refractivity contribution >= 4 is 21.6 Å². The van der Waals surface area contributed by atoms with Crippen molar-refractivity contribution in [1.29, 1.82) is 0 Å². The number of para-hydroxylation sites is 1. The number of nitrogens with zero attached hydrogens (tertiary/aromatic N) is 3. The number of rotatable bonds is 3. The van der Waals surface area contributed by atoms with Crippen LogP contribution < -0.4 is 4.31 Å². The Morgan fingerprint density at radius 2 is 1.69 bits per heavy atom. The van der Waals surface area contributed by atoms with E-state index >= 15 is 0 Å². The molecular formula is C22H29N3O3S. The first kappa shape index (κ1) is 20.0. The number of carbonyl (C=O) groups is 1. The summed E-state index contributed by atoms with van der Waals surface area (Å²) in [6, 6.07) is 7.60. The van der Waals surface area contributed by atoms with E-state index in [4.69, 9.17) is 0 Å². The van der Waals surface area contributed by atoms with Crippen molar-refractivity contribution in [2.75, 3.05) is 23.9 Å². The van der Waals surface area contributed by atoms with Gasteiger partial charge in [-0.1, -0.05) is 25.1 Å². The Morgan fingerprint density at radius 3 is 2.38 bits per heavy atom. The highest BCUT2D eigenvalue weighted by molar-refractivity contribution is 7.93. The Balaban J connectivity index is 1.80. The molecule has 0 bridgehead atoms. The van der Waals surface area contributed by atoms with Crippen LogP contribution in [-0.4, -0.2) is 43.4 Å². The predicted molar refractivity (Wildman–Crippen MR) is 114 cm³/mol. The number of anilines is 1. The number of sulfonamides is 1. The first-order chi connectivity index (χ1) is 13.7. The van der Waals surface area contributed by atoms with Crippen LogP contribution in [-0.2, 0) is 23.5 Å². The van der Waals surface area contributed by atoms with E-state index < -0.39 is 10.0 Å². The molecule has 6 nitrogen and oxygen atoms in total. The maximum Gasteiger partial charge on any atom is 0.266 e. The van der Waals surface area contributed by atoms with Gasteiger partial charge >= 0.3 is 0 Å². The molecule has 2 aliphatic rings. The second-order valence-corrected chi connectivity index (χ2v) is 10.2. The van der Waals surface area contributed by atoms with Gasteiger partial charge in [-0.2, -0.15) is 0 Å². The SMILES string of the molecule is Cc1c(C(=O)N2CCC(C)CC2)c(S(=O)(=O)N2CCc3ccccc32)c(C)n1C. The average molecular weight is 416 g/mol. The van der Waals surface area contributed by atoms with Crippen LogP contribution in [0.4, 0.5) is 5.69 Å². The molecule has 7 heteroatoms. The van der Waals surface area contributed by atoms with Gasteiger partial charge in [-0.15, -0.1) is 0 Å². The van der Waals surface area contributed by atoms with Gasteiger partial charge < -0.3 is 9.47 Å². The predicted octanol–water partition coefficient (Wildman–Crippen LogP) is 3.27. The lowest BCUT2D eigenvalue weighted by atomic mass is 9.98. The number of amides is 1. The summed E-state index contributed by atoms with van der Waals surface area (Å²) >= 11 is 0. The fourth-order valence-electron chi connectivity index (χ4n) is 4.52. The zero-order chi connectivity index (χ0) is 20.9. The molecule has 3 heterocycles. The first-order valence-electron chi connectivity index (χ1n) is 10.3. The van der Waals surface area contributed by atoms with Crippen molar-refractivity contribution in [2.45, 2.75) is 44.9 Å². The number of aromatic nitrogens is 1. The van der Waals surface area contributed by atoms with Crippen molar-refractivity contribution in [3.05, 3.63) is 46.8 Å². The molecule has 1 aromatic heterocycles. The molecule has 1 aromatic carbocycles. The second-order valence-electron chi connectivity index (χ2n) is 8.36. The lowest BCUT2D eigenvalue weighted by Gasteiger charge is -2.31. The minimum absolute atomic E-state index is 0.163. The van der Waals surface area contributed by atoms with Crippen LogP contribution in [0, 0.1) is 19.8 Å². The van der Waals surface area contributed by atoms with Gasteiger partial charge in [0.1, 0.15) is 4.90 Å². The van der Waals surface area contributed by atoms with Crippen LogP contribution >= 0.6 is 0 Å². The highest BCUT2D eigenvalue weighted by Crippen LogP contribution is 2.37. The number of hydrogen-bond donors (Lipinski definition) is 0. The zero-order valence-electron chi connectivity index (χ0n) is 17.6. The van der Waals surface area contributed by atoms with Crippen LogP contribution in [0.1, 0.15) is 47.1 Å². The molecule has 2 aromatic rings. The quantitative estimate of drug-likeness (QED) is 0.773. The van der Waals surface area contributed by atoms with Crippen molar-refractivity contribution in [3.8, 4) is 0 Å². The van der Waals surface area contributed by atoms with Gasteiger partial charge in [-0.3, -0.25) is 9.10 Å². The molecule has 4 rings (SSSR count). The topological polar surface area (TPSA) is 62.6 Å². The minimum atomic E-state index is -3.84. The van der Waals surface area contributed by atoms with Crippen molar-refractivity contribution in [2.24, 2.45) is 13.0 Å². The van der Waals surface area contributed by atoms with E-state index in [1.165, 1.54) is 4.31 Å². The average Bonchev–Trinajstić information content (AvgIpc) is 3.24. The van der Waals surface area contributed by atoms with E-state index in [1.807, 2.05) is 47.7 Å². The van der Waals surface area contributed by atoms with Gasteiger partial charge in [-0.25, -0.2) is 8.42 Å². The Morgan fingerprint density at radius 1 is 1.03 bits per heavy atom. The third kappa shape index (κ3) is 3.16. The molecule has 0 saturated carbocycles. The van der Waals surface area contributed by atoms with Crippen molar-refractivity contribution < 1.29 is 13.2 Å². The number of likely N-dealkylation sites (tertiary alicyclic amines) is 1. The van der Waals surface area contributed by atoms with E-state index in [9.17, 15) is 13.2 Å². The maximum absolute atomic E-state index is 13.8. The highest BCUT2D eigenvalue weighted by atomic mass is 32.2. The van der Waals surface area contributed by atoms with Crippen molar-refractivity contribution in [1.82, 2.24) is 9.47 Å². The molecule has 0 atom stereocenters. The van der Waals surface area contributed by atoms with Gasteiger partial charge in [0.05, 0.1) is 11.3 Å². The third-order valence-corrected chi connectivity index (χ3v) is 8.58. The van der Waals surface area contributed by atoms with E-state index in [0.29, 0.717) is 48.9 Å². The summed E-state index contributed by atoms with van der Waals surface area (Å²) < 4.78 is 30.9. The number of fused-ring (bicyclic) bond motifs is 1. The van der Waals surface area contributed by atoms with Gasteiger partial charge in [0.2, 0.25) is 0 Å². The van der Waals surface area contributed by atoms with Crippen LogP contribution in [0.2, 0.25) is 0 Å². The molecular weight excluding hydrogens is 386 g/mol. The molecule has 0 aliphatic carbocycles. The minimum Gasteiger partial charge on any atom is -0.350 e. The highest BCUT2D eigenvalue weighted by Gasteiger charge is 2.39. The fraction of sp³-hybridized carbons (Fsp3) is 0.500. The van der Waals surface area contributed by atoms with E-state index in [-0.39, 0.29) is 10.8 Å². The molecule has 0 spiro atoms. The lowest BCUT2D eigenvalue weighted by Crippen LogP contribution is -2.39. The molecule has 2 aliphatic heterocycles. The summed E-state index contributed by atoms with van der Waals surface area (Å²) in [4.78, 5) is 15.4. The molecule has 29 heavy (non-hydrogen) atoms. The largest absolute Gasteiger partial charge is 0.350 e. The van der Waals surface area contributed by atoms with Gasteiger partial charge in [0.15, 0.2) is 0 Å². The summed E-state index contributed by atoms with van der Waals surface area (Å²) in [6.07, 6.45) is 2.60. The smallest absolute Gasteiger partial charge is 0.266 e. The fourth-order valence-corrected chi connectivity index (χ4v) is 6.51. The number of piperidine rings is 1. The monoisotopic (exact) mass is 415 g/mol. The molecule has 1 saturated heterocycles. The van der Waals surface area contributed by atoms with Gasteiger partial charge in [-0.05, 0) is 50.7 Å². The Hall–Kier alpha value is -2.28. The van der Waals surface area contributed by atoms with Crippen LogP contribution in [0.5, 0.6) is 0 Å². The van der Waals surface area contributed by atoms with Crippen LogP contribution in [0.15, 0.2) is 29.2 Å². The number of benzene rings is 1. The summed E-state index contributed by atoms with van der Waals surface area (Å²) in [5.41, 5.74) is 3.40. The van der Waals surface area contributed by atoms with E-state index in [0.717, 1.165) is 24.1 Å². The third-order valence-electron chi connectivity index (χ3n) is 6.60. The number of carbonyl (C=O) groups excluding carboxylic acids is 1. The van der Waals surface area contributed by atoms with Crippen LogP contribution in [0.3, 0.4) is 0 Å². The van der Waals surface area contributed by atoms with Gasteiger partial charge in [0, 0.05) is 38.1 Å². The standard InChI is InChI=1S/C22H29N3O3S/c1-15-9-12-24(13-10-15)22(26)20-16(2)23(4)17(3)21(20)29(27,28)25-14-11-18-7-5-6-8-19(18)25/h5-8,15H,9-14H2,1-4H3. The molecule has 0 N–H and O–H groups in total. The summed E-state index contributed by atoms with van der Waals surface area (Å²) in [7, 11) is -2.01. The molecule has 1 fully saturated rings. The van der Waals surface area contributed by atoms with Crippen molar-refractivity contribution in [3.63, 3.8) is 0 Å². The Kier molecular flexibility index (Phi) is 4.97. The maximum atomic E-state index is 13.8. The normalized spacial score (nSPS) is 17.7. The summed E-state index contributed by atoms with van der Waals surface area (Å²) in [5, 5.41) is 0. The lowest BCUT2D eigenvalue weighted by molar-refractivity contribution is 0.0692. The van der Waals surface area contributed by atoms with Gasteiger partial charge in [0.25, 0.3) is 15.9 Å². The molecule has 1 amide bonds. The molecule has 0 unspecified atom stereocenters. The summed E-state index contributed by atoms with van der Waals surface area (Å²) in [5.74, 6) is 0.436. The first-order valence-corrected chi connectivity index (χ1v) is 11.7. The Bertz CT molecular complexity index is 1060. The zero-order valence-corrected chi connectivity index (χ0v) is 18.4. The van der Waals surface area contributed by atoms with E-state index in [2.05, 4.69) is 6.92 Å². The second kappa shape index (κ2) is 7.20.